The Labute approximate surface area is 170 Å². The Hall–Kier alpha value is -3.20. The molecule has 0 atom stereocenters. The fourth-order valence-corrected chi connectivity index (χ4v) is 4.96. The van der Waals surface area contributed by atoms with Crippen molar-refractivity contribution in [3.05, 3.63) is 63.7 Å². The van der Waals surface area contributed by atoms with Gasteiger partial charge in [-0.2, -0.15) is 15.2 Å². The van der Waals surface area contributed by atoms with Crippen LogP contribution in [0.15, 0.2) is 46.2 Å². The van der Waals surface area contributed by atoms with Crippen LogP contribution >= 0.6 is 11.3 Å². The normalized spacial score (nSPS) is 13.5. The van der Waals surface area contributed by atoms with Crippen LogP contribution in [0.2, 0.25) is 0 Å². The number of nitrogens with zero attached hydrogens (tertiary/aromatic N) is 6. The van der Waals surface area contributed by atoms with Crippen molar-refractivity contribution in [1.82, 2.24) is 24.1 Å². The monoisotopic (exact) mass is 408 g/mol. The third-order valence-electron chi connectivity index (χ3n) is 5.15. The summed E-state index contributed by atoms with van der Waals surface area (Å²) in [6.45, 7) is 3.28. The van der Waals surface area contributed by atoms with Crippen LogP contribution < -0.4 is 4.80 Å². The molecule has 0 fully saturated rings. The molecule has 0 unspecified atom stereocenters. The van der Waals surface area contributed by atoms with Crippen molar-refractivity contribution in [1.29, 1.82) is 0 Å². The van der Waals surface area contributed by atoms with E-state index in [1.807, 2.05) is 30.2 Å². The summed E-state index contributed by atoms with van der Waals surface area (Å²) in [7, 11) is 1.97. The molecule has 0 aromatic carbocycles. The number of carbonyl (C=O) groups excluding carboxylic acids is 1. The van der Waals surface area contributed by atoms with Crippen LogP contribution in [0.5, 0.6) is 0 Å². The highest BCUT2D eigenvalue weighted by Crippen LogP contribution is 2.34. The van der Waals surface area contributed by atoms with Gasteiger partial charge in [-0.05, 0) is 38.0 Å². The molecule has 1 amide bonds. The summed E-state index contributed by atoms with van der Waals surface area (Å²) in [6, 6.07) is 5.31. The number of thiazole rings is 1. The van der Waals surface area contributed by atoms with Crippen LogP contribution in [0.1, 0.15) is 33.8 Å². The largest absolute Gasteiger partial charge is 0.454 e. The molecule has 4 aromatic heterocycles. The van der Waals surface area contributed by atoms with Gasteiger partial charge in [0, 0.05) is 42.1 Å². The second kappa shape index (κ2) is 7.00. The van der Waals surface area contributed by atoms with Crippen molar-refractivity contribution in [2.45, 2.75) is 32.9 Å². The number of furan rings is 1. The van der Waals surface area contributed by atoms with Gasteiger partial charge < -0.3 is 8.98 Å². The van der Waals surface area contributed by atoms with E-state index >= 15 is 0 Å². The first-order valence-electron chi connectivity index (χ1n) is 9.53. The molecule has 4 heterocycles. The van der Waals surface area contributed by atoms with Crippen LogP contribution in [0.4, 0.5) is 0 Å². The van der Waals surface area contributed by atoms with E-state index < -0.39 is 0 Å². The highest BCUT2D eigenvalue weighted by Gasteiger charge is 2.25. The lowest BCUT2D eigenvalue weighted by Crippen LogP contribution is -2.18. The molecular formula is C20H20N6O2S. The Balaban J connectivity index is 1.49. The zero-order chi connectivity index (χ0) is 20.0. The van der Waals surface area contributed by atoms with Gasteiger partial charge in [-0.15, -0.1) is 11.3 Å². The maximum absolute atomic E-state index is 12.8. The second-order valence-corrected chi connectivity index (χ2v) is 7.98. The summed E-state index contributed by atoms with van der Waals surface area (Å²) < 4.78 is 11.5. The third-order valence-corrected chi connectivity index (χ3v) is 6.29. The molecule has 9 heteroatoms. The fourth-order valence-electron chi connectivity index (χ4n) is 3.76. The molecular weight excluding hydrogens is 388 g/mol. The van der Waals surface area contributed by atoms with Crippen molar-refractivity contribution in [2.24, 2.45) is 12.0 Å². The average Bonchev–Trinajstić information content (AvgIpc) is 3.49. The predicted octanol–water partition coefficient (Wildman–Crippen LogP) is 2.65. The molecule has 0 saturated heterocycles. The van der Waals surface area contributed by atoms with Gasteiger partial charge >= 0.3 is 5.91 Å². The Morgan fingerprint density at radius 1 is 1.31 bits per heavy atom. The quantitative estimate of drug-likeness (QED) is 0.520. The van der Waals surface area contributed by atoms with Crippen molar-refractivity contribution >= 4 is 17.2 Å². The molecule has 0 aliphatic heterocycles. The average molecular weight is 408 g/mol. The molecule has 0 radical (unpaired) electrons. The smallest absolute Gasteiger partial charge is 0.315 e. The van der Waals surface area contributed by atoms with Gasteiger partial charge in [0.2, 0.25) is 0 Å². The van der Waals surface area contributed by atoms with E-state index in [0.717, 1.165) is 30.6 Å². The lowest BCUT2D eigenvalue weighted by molar-refractivity contribution is 0.0969. The van der Waals surface area contributed by atoms with E-state index in [-0.39, 0.29) is 11.7 Å². The van der Waals surface area contributed by atoms with Crippen LogP contribution in [-0.4, -0.2) is 30.0 Å². The first-order valence-corrected chi connectivity index (χ1v) is 10.3. The maximum atomic E-state index is 12.8. The summed E-state index contributed by atoms with van der Waals surface area (Å²) in [5, 5.41) is 8.57. The number of hydrogen-bond donors (Lipinski definition) is 0. The SMILES string of the molecule is CCn1c2c(sc1=NC(=O)c1ccc(Cn3cccn3)o1)CCc1c-2cnn1C. The van der Waals surface area contributed by atoms with Crippen molar-refractivity contribution < 1.29 is 9.21 Å². The number of hydrogen-bond acceptors (Lipinski definition) is 5. The van der Waals surface area contributed by atoms with Gasteiger partial charge in [-0.3, -0.25) is 14.2 Å². The minimum absolute atomic E-state index is 0.239. The van der Waals surface area contributed by atoms with Crippen LogP contribution in [0.25, 0.3) is 11.3 Å². The minimum Gasteiger partial charge on any atom is -0.454 e. The zero-order valence-corrected chi connectivity index (χ0v) is 17.0. The minimum atomic E-state index is -0.371. The van der Waals surface area contributed by atoms with Crippen LogP contribution in [-0.2, 0) is 33.0 Å². The summed E-state index contributed by atoms with van der Waals surface area (Å²) in [5.41, 5.74) is 3.50. The van der Waals surface area contributed by atoms with Crippen LogP contribution in [0.3, 0.4) is 0 Å². The molecule has 0 spiro atoms. The molecule has 8 nitrogen and oxygen atoms in total. The molecule has 1 aliphatic carbocycles. The highest BCUT2D eigenvalue weighted by molar-refractivity contribution is 7.09. The van der Waals surface area contributed by atoms with E-state index in [1.165, 1.54) is 10.6 Å². The summed E-state index contributed by atoms with van der Waals surface area (Å²) in [5.74, 6) is 0.535. The maximum Gasteiger partial charge on any atom is 0.315 e. The predicted molar refractivity (Wildman–Crippen MR) is 108 cm³/mol. The van der Waals surface area contributed by atoms with Gasteiger partial charge in [0.05, 0.1) is 18.4 Å². The number of aryl methyl sites for hydroxylation is 2. The molecule has 0 bridgehead atoms. The first kappa shape index (κ1) is 17.9. The van der Waals surface area contributed by atoms with E-state index in [0.29, 0.717) is 17.1 Å². The Bertz CT molecular complexity index is 1250. The lowest BCUT2D eigenvalue weighted by Gasteiger charge is -2.15. The number of fused-ring (bicyclic) bond motifs is 3. The lowest BCUT2D eigenvalue weighted by atomic mass is 10.00. The Morgan fingerprint density at radius 2 is 2.21 bits per heavy atom. The summed E-state index contributed by atoms with van der Waals surface area (Å²) >= 11 is 1.58. The molecule has 0 N–H and O–H groups in total. The first-order chi connectivity index (χ1) is 14.1. The molecule has 148 valence electrons. The van der Waals surface area contributed by atoms with Gasteiger partial charge in [0.15, 0.2) is 10.6 Å². The van der Waals surface area contributed by atoms with Crippen molar-refractivity contribution in [2.75, 3.05) is 0 Å². The Morgan fingerprint density at radius 3 is 3.00 bits per heavy atom. The number of rotatable bonds is 4. The highest BCUT2D eigenvalue weighted by atomic mass is 32.1. The third kappa shape index (κ3) is 3.07. The van der Waals surface area contributed by atoms with Gasteiger partial charge in [0.25, 0.3) is 0 Å². The molecule has 29 heavy (non-hydrogen) atoms. The van der Waals surface area contributed by atoms with E-state index in [4.69, 9.17) is 4.42 Å². The topological polar surface area (TPSA) is 83.1 Å². The van der Waals surface area contributed by atoms with Gasteiger partial charge in [-0.25, -0.2) is 0 Å². The number of carbonyl (C=O) groups is 1. The fraction of sp³-hybridized carbons (Fsp3) is 0.300. The molecule has 0 saturated carbocycles. The van der Waals surface area contributed by atoms with E-state index in [1.54, 1.807) is 34.3 Å². The van der Waals surface area contributed by atoms with Gasteiger partial charge in [-0.1, -0.05) is 0 Å². The van der Waals surface area contributed by atoms with E-state index in [9.17, 15) is 4.79 Å². The standard InChI is InChI=1S/C20H20N6O2S/c1-3-26-18-14-11-22-24(2)15(14)6-8-17(18)29-20(26)23-19(27)16-7-5-13(28-16)12-25-10-4-9-21-25/h4-5,7,9-11H,3,6,8,12H2,1-2H3. The molecule has 1 aliphatic rings. The number of amides is 1. The van der Waals surface area contributed by atoms with Gasteiger partial charge in [0.1, 0.15) is 5.76 Å². The van der Waals surface area contributed by atoms with E-state index in [2.05, 4.69) is 26.7 Å². The summed E-state index contributed by atoms with van der Waals surface area (Å²) in [6.07, 6.45) is 7.35. The molecule has 4 aromatic rings. The van der Waals surface area contributed by atoms with Crippen LogP contribution in [0, 0.1) is 0 Å². The summed E-state index contributed by atoms with van der Waals surface area (Å²) in [4.78, 5) is 19.1. The van der Waals surface area contributed by atoms with Crippen molar-refractivity contribution in [3.63, 3.8) is 0 Å². The number of aromatic nitrogens is 5. The van der Waals surface area contributed by atoms with Crippen molar-refractivity contribution in [3.8, 4) is 11.3 Å². The molecule has 5 rings (SSSR count). The zero-order valence-electron chi connectivity index (χ0n) is 16.2. The second-order valence-electron chi connectivity index (χ2n) is 6.92. The Kier molecular flexibility index (Phi) is 4.31.